The van der Waals surface area contributed by atoms with Gasteiger partial charge in [0.25, 0.3) is 0 Å². The third kappa shape index (κ3) is 2.87. The molecule has 1 saturated heterocycles. The first kappa shape index (κ1) is 13.8. The van der Waals surface area contributed by atoms with E-state index < -0.39 is 0 Å². The zero-order chi connectivity index (χ0) is 13.8. The maximum Gasteiger partial charge on any atom is 0.223 e. The van der Waals surface area contributed by atoms with Gasteiger partial charge in [-0.15, -0.1) is 0 Å². The average molecular weight is 263 g/mol. The quantitative estimate of drug-likeness (QED) is 0.893. The van der Waals surface area contributed by atoms with Crippen LogP contribution in [0.1, 0.15) is 37.8 Å². The van der Waals surface area contributed by atoms with E-state index in [0.717, 1.165) is 24.9 Å². The Bertz CT molecular complexity index is 433. The van der Waals surface area contributed by atoms with E-state index in [0.29, 0.717) is 12.3 Å². The van der Waals surface area contributed by atoms with Crippen molar-refractivity contribution >= 4 is 5.91 Å². The van der Waals surface area contributed by atoms with Gasteiger partial charge in [-0.25, -0.2) is 4.98 Å². The third-order valence-electron chi connectivity index (χ3n) is 3.53. The summed E-state index contributed by atoms with van der Waals surface area (Å²) in [7, 11) is 1.58. The van der Waals surface area contributed by atoms with Crippen LogP contribution in [-0.4, -0.2) is 35.5 Å². The standard InChI is InChI=1S/C14H21N3O2/c1-3-8-17-13(18)7-5-11(15)14(17)10-4-6-12(19-2)16-9-10/h4,6,9,11,14H,3,5,7-8,15H2,1-2H3. The number of nitrogens with two attached hydrogens (primary N) is 1. The molecule has 5 nitrogen and oxygen atoms in total. The van der Waals surface area contributed by atoms with Crippen LogP contribution in [0.5, 0.6) is 5.88 Å². The number of hydrogen-bond donors (Lipinski definition) is 1. The molecule has 1 aromatic rings. The van der Waals surface area contributed by atoms with E-state index in [1.54, 1.807) is 13.3 Å². The number of amides is 1. The van der Waals surface area contributed by atoms with Crippen LogP contribution in [0.25, 0.3) is 0 Å². The summed E-state index contributed by atoms with van der Waals surface area (Å²) in [6.07, 6.45) is 3.96. The highest BCUT2D eigenvalue weighted by Crippen LogP contribution is 2.31. The van der Waals surface area contributed by atoms with Crippen LogP contribution in [0.3, 0.4) is 0 Å². The first-order valence-electron chi connectivity index (χ1n) is 6.72. The van der Waals surface area contributed by atoms with Gasteiger partial charge < -0.3 is 15.4 Å². The van der Waals surface area contributed by atoms with Crippen molar-refractivity contribution in [3.8, 4) is 5.88 Å². The Balaban J connectivity index is 2.27. The highest BCUT2D eigenvalue weighted by Gasteiger charge is 2.34. The first-order chi connectivity index (χ1) is 9.17. The number of ether oxygens (including phenoxy) is 1. The molecule has 2 N–H and O–H groups in total. The van der Waals surface area contributed by atoms with Crippen LogP contribution in [0.4, 0.5) is 0 Å². The number of methoxy groups -OCH3 is 1. The molecule has 1 aliphatic rings. The summed E-state index contributed by atoms with van der Waals surface area (Å²) in [5.41, 5.74) is 7.19. The topological polar surface area (TPSA) is 68.5 Å². The molecular formula is C14H21N3O2. The van der Waals surface area contributed by atoms with Gasteiger partial charge in [0.2, 0.25) is 11.8 Å². The second kappa shape index (κ2) is 6.02. The van der Waals surface area contributed by atoms with E-state index in [4.69, 9.17) is 10.5 Å². The van der Waals surface area contributed by atoms with E-state index in [1.807, 2.05) is 17.0 Å². The van der Waals surface area contributed by atoms with Crippen molar-refractivity contribution in [3.63, 3.8) is 0 Å². The SMILES string of the molecule is CCCN1C(=O)CCC(N)C1c1ccc(OC)nc1. The van der Waals surface area contributed by atoms with Crippen LogP contribution >= 0.6 is 0 Å². The lowest BCUT2D eigenvalue weighted by atomic mass is 9.91. The molecule has 5 heteroatoms. The molecule has 1 amide bonds. The Labute approximate surface area is 113 Å². The smallest absolute Gasteiger partial charge is 0.223 e. The van der Waals surface area contributed by atoms with Crippen LogP contribution in [-0.2, 0) is 4.79 Å². The molecule has 1 aliphatic heterocycles. The number of hydrogen-bond acceptors (Lipinski definition) is 4. The highest BCUT2D eigenvalue weighted by molar-refractivity contribution is 5.77. The average Bonchev–Trinajstić information content (AvgIpc) is 2.44. The summed E-state index contributed by atoms with van der Waals surface area (Å²) >= 11 is 0. The van der Waals surface area contributed by atoms with Crippen molar-refractivity contribution in [2.75, 3.05) is 13.7 Å². The number of carbonyl (C=O) groups excluding carboxylic acids is 1. The Kier molecular flexibility index (Phi) is 4.37. The summed E-state index contributed by atoms with van der Waals surface area (Å²) in [6, 6.07) is 3.65. The third-order valence-corrected chi connectivity index (χ3v) is 3.53. The fourth-order valence-electron chi connectivity index (χ4n) is 2.60. The van der Waals surface area contributed by atoms with E-state index in [2.05, 4.69) is 11.9 Å². The summed E-state index contributed by atoms with van der Waals surface area (Å²) in [6.45, 7) is 2.81. The number of piperidine rings is 1. The number of pyridine rings is 1. The van der Waals surface area contributed by atoms with Gasteiger partial charge in [-0.2, -0.15) is 0 Å². The molecule has 2 unspecified atom stereocenters. The van der Waals surface area contributed by atoms with Crippen molar-refractivity contribution in [1.29, 1.82) is 0 Å². The lowest BCUT2D eigenvalue weighted by Gasteiger charge is -2.39. The summed E-state index contributed by atoms with van der Waals surface area (Å²) in [5, 5.41) is 0. The van der Waals surface area contributed by atoms with Crippen LogP contribution < -0.4 is 10.5 Å². The molecule has 0 aromatic carbocycles. The molecule has 0 radical (unpaired) electrons. The summed E-state index contributed by atoms with van der Waals surface area (Å²) in [5.74, 6) is 0.755. The molecule has 0 spiro atoms. The predicted octanol–water partition coefficient (Wildman–Crippen LogP) is 1.49. The van der Waals surface area contributed by atoms with Gasteiger partial charge in [-0.3, -0.25) is 4.79 Å². The molecule has 2 heterocycles. The molecule has 1 fully saturated rings. The van der Waals surface area contributed by atoms with E-state index in [1.165, 1.54) is 0 Å². The molecule has 19 heavy (non-hydrogen) atoms. The van der Waals surface area contributed by atoms with Crippen molar-refractivity contribution in [3.05, 3.63) is 23.9 Å². The van der Waals surface area contributed by atoms with Crippen molar-refractivity contribution < 1.29 is 9.53 Å². The monoisotopic (exact) mass is 263 g/mol. The number of aromatic nitrogens is 1. The molecule has 1 aromatic heterocycles. The molecule has 0 aliphatic carbocycles. The van der Waals surface area contributed by atoms with Gasteiger partial charge in [0.05, 0.1) is 13.2 Å². The summed E-state index contributed by atoms with van der Waals surface area (Å²) in [4.78, 5) is 18.2. The Morgan fingerprint density at radius 3 is 2.89 bits per heavy atom. The molecular weight excluding hydrogens is 242 g/mol. The van der Waals surface area contributed by atoms with Crippen LogP contribution in [0, 0.1) is 0 Å². The Morgan fingerprint density at radius 1 is 1.53 bits per heavy atom. The second-order valence-corrected chi connectivity index (χ2v) is 4.87. The van der Waals surface area contributed by atoms with Gasteiger partial charge >= 0.3 is 0 Å². The molecule has 0 bridgehead atoms. The van der Waals surface area contributed by atoms with Gasteiger partial charge in [0.15, 0.2) is 0 Å². The summed E-state index contributed by atoms with van der Waals surface area (Å²) < 4.78 is 5.06. The maximum absolute atomic E-state index is 12.1. The fraction of sp³-hybridized carbons (Fsp3) is 0.571. The number of nitrogens with zero attached hydrogens (tertiary/aromatic N) is 2. The predicted molar refractivity (Wildman–Crippen MR) is 72.7 cm³/mol. The number of carbonyl (C=O) groups is 1. The number of likely N-dealkylation sites (tertiary alicyclic amines) is 1. The van der Waals surface area contributed by atoms with Gasteiger partial charge in [-0.05, 0) is 24.5 Å². The second-order valence-electron chi connectivity index (χ2n) is 4.87. The maximum atomic E-state index is 12.1. The lowest BCUT2D eigenvalue weighted by molar-refractivity contribution is -0.137. The van der Waals surface area contributed by atoms with Crippen LogP contribution in [0.15, 0.2) is 18.3 Å². The van der Waals surface area contributed by atoms with Crippen LogP contribution in [0.2, 0.25) is 0 Å². The zero-order valence-electron chi connectivity index (χ0n) is 11.5. The van der Waals surface area contributed by atoms with Crippen molar-refractivity contribution in [2.24, 2.45) is 5.73 Å². The molecule has 104 valence electrons. The largest absolute Gasteiger partial charge is 0.481 e. The van der Waals surface area contributed by atoms with E-state index in [-0.39, 0.29) is 18.0 Å². The lowest BCUT2D eigenvalue weighted by Crippen LogP contribution is -2.49. The number of rotatable bonds is 4. The molecule has 2 atom stereocenters. The van der Waals surface area contributed by atoms with E-state index in [9.17, 15) is 4.79 Å². The Hall–Kier alpha value is -1.62. The molecule has 2 rings (SSSR count). The van der Waals surface area contributed by atoms with Gasteiger partial charge in [-0.1, -0.05) is 6.92 Å². The minimum Gasteiger partial charge on any atom is -0.481 e. The van der Waals surface area contributed by atoms with Crippen molar-refractivity contribution in [2.45, 2.75) is 38.3 Å². The van der Waals surface area contributed by atoms with Gasteiger partial charge in [0.1, 0.15) is 0 Å². The highest BCUT2D eigenvalue weighted by atomic mass is 16.5. The molecule has 0 saturated carbocycles. The zero-order valence-corrected chi connectivity index (χ0v) is 11.5. The minimum absolute atomic E-state index is 0.0283. The Morgan fingerprint density at radius 2 is 2.32 bits per heavy atom. The normalized spacial score (nSPS) is 23.5. The van der Waals surface area contributed by atoms with E-state index >= 15 is 0 Å². The van der Waals surface area contributed by atoms with Gasteiger partial charge in [0, 0.05) is 31.3 Å². The van der Waals surface area contributed by atoms with Crippen molar-refractivity contribution in [1.82, 2.24) is 9.88 Å². The fourth-order valence-corrected chi connectivity index (χ4v) is 2.60. The first-order valence-corrected chi connectivity index (χ1v) is 6.72. The minimum atomic E-state index is -0.0698.